The average molecular weight is 333 g/mol. The van der Waals surface area contributed by atoms with Crippen LogP contribution >= 0.6 is 22.6 Å². The Kier molecular flexibility index (Phi) is 4.43. The second kappa shape index (κ2) is 5.84. The number of benzene rings is 1. The van der Waals surface area contributed by atoms with E-state index in [9.17, 15) is 0 Å². The molecule has 0 saturated carbocycles. The van der Waals surface area contributed by atoms with Crippen LogP contribution in [0.1, 0.15) is 0 Å². The Morgan fingerprint density at radius 1 is 1.56 bits per heavy atom. The molecule has 1 fully saturated rings. The zero-order valence-corrected chi connectivity index (χ0v) is 11.5. The van der Waals surface area contributed by atoms with Crippen LogP contribution in [0.4, 0.5) is 0 Å². The molecule has 1 aromatic carbocycles. The Balaban J connectivity index is 1.82. The zero-order valence-electron chi connectivity index (χ0n) is 9.36. The van der Waals surface area contributed by atoms with E-state index in [4.69, 9.17) is 9.47 Å². The molecule has 1 aliphatic heterocycles. The van der Waals surface area contributed by atoms with Gasteiger partial charge in [0, 0.05) is 16.7 Å². The van der Waals surface area contributed by atoms with Gasteiger partial charge in [-0.2, -0.15) is 0 Å². The molecule has 1 saturated heterocycles. The number of halogens is 1. The molecule has 1 unspecified atom stereocenters. The number of rotatable bonds is 3. The summed E-state index contributed by atoms with van der Waals surface area (Å²) in [5, 5.41) is 0. The van der Waals surface area contributed by atoms with Crippen LogP contribution in [0.2, 0.25) is 0 Å². The van der Waals surface area contributed by atoms with E-state index in [-0.39, 0.29) is 6.10 Å². The molecule has 0 radical (unpaired) electrons. The highest BCUT2D eigenvalue weighted by Crippen LogP contribution is 2.15. The van der Waals surface area contributed by atoms with Crippen molar-refractivity contribution in [1.82, 2.24) is 4.90 Å². The van der Waals surface area contributed by atoms with Crippen molar-refractivity contribution in [3.8, 4) is 5.75 Å². The lowest BCUT2D eigenvalue weighted by Gasteiger charge is -2.29. The maximum Gasteiger partial charge on any atom is 0.120 e. The molecule has 16 heavy (non-hydrogen) atoms. The SMILES string of the molecule is CN1CCOC(COc2cccc(I)c2)C1. The molecule has 1 heterocycles. The van der Waals surface area contributed by atoms with Crippen molar-refractivity contribution in [1.29, 1.82) is 0 Å². The predicted molar refractivity (Wildman–Crippen MR) is 71.9 cm³/mol. The molecule has 1 aliphatic rings. The molecule has 3 nitrogen and oxygen atoms in total. The van der Waals surface area contributed by atoms with Gasteiger partial charge in [-0.15, -0.1) is 0 Å². The number of likely N-dealkylation sites (N-methyl/N-ethyl adjacent to an activating group) is 1. The summed E-state index contributed by atoms with van der Waals surface area (Å²) >= 11 is 2.28. The van der Waals surface area contributed by atoms with Gasteiger partial charge in [-0.05, 0) is 47.8 Å². The van der Waals surface area contributed by atoms with E-state index in [1.54, 1.807) is 0 Å². The topological polar surface area (TPSA) is 21.7 Å². The number of hydrogen-bond donors (Lipinski definition) is 0. The summed E-state index contributed by atoms with van der Waals surface area (Å²) in [6, 6.07) is 8.07. The van der Waals surface area contributed by atoms with Crippen molar-refractivity contribution >= 4 is 22.6 Å². The van der Waals surface area contributed by atoms with E-state index in [2.05, 4.69) is 40.6 Å². The molecule has 2 rings (SSSR count). The van der Waals surface area contributed by atoms with Crippen molar-refractivity contribution in [2.75, 3.05) is 33.4 Å². The highest BCUT2D eigenvalue weighted by atomic mass is 127. The molecule has 0 N–H and O–H groups in total. The van der Waals surface area contributed by atoms with Gasteiger partial charge in [0.05, 0.1) is 6.61 Å². The van der Waals surface area contributed by atoms with Crippen LogP contribution in [-0.2, 0) is 4.74 Å². The standard InChI is InChI=1S/C12H16INO2/c1-14-5-6-15-12(8-14)9-16-11-4-2-3-10(13)7-11/h2-4,7,12H,5-6,8-9H2,1H3. The molecule has 0 bridgehead atoms. The maximum atomic E-state index is 5.72. The number of ether oxygens (including phenoxy) is 2. The maximum absolute atomic E-state index is 5.72. The highest BCUT2D eigenvalue weighted by Gasteiger charge is 2.18. The molecule has 0 spiro atoms. The monoisotopic (exact) mass is 333 g/mol. The van der Waals surface area contributed by atoms with Gasteiger partial charge in [0.15, 0.2) is 0 Å². The Hall–Kier alpha value is -0.330. The lowest BCUT2D eigenvalue weighted by Crippen LogP contribution is -2.42. The van der Waals surface area contributed by atoms with Gasteiger partial charge in [0.25, 0.3) is 0 Å². The van der Waals surface area contributed by atoms with E-state index >= 15 is 0 Å². The Morgan fingerprint density at radius 3 is 3.19 bits per heavy atom. The summed E-state index contributed by atoms with van der Waals surface area (Å²) in [7, 11) is 2.11. The van der Waals surface area contributed by atoms with Gasteiger partial charge in [0.1, 0.15) is 18.5 Å². The van der Waals surface area contributed by atoms with E-state index < -0.39 is 0 Å². The fourth-order valence-corrected chi connectivity index (χ4v) is 2.23. The van der Waals surface area contributed by atoms with Crippen molar-refractivity contribution < 1.29 is 9.47 Å². The Bertz CT molecular complexity index is 346. The number of nitrogens with zero attached hydrogens (tertiary/aromatic N) is 1. The second-order valence-corrected chi connectivity index (χ2v) is 5.27. The minimum atomic E-state index is 0.191. The minimum absolute atomic E-state index is 0.191. The summed E-state index contributed by atoms with van der Waals surface area (Å²) in [4.78, 5) is 2.27. The Labute approximate surface area is 110 Å². The minimum Gasteiger partial charge on any atom is -0.491 e. The molecule has 4 heteroatoms. The predicted octanol–water partition coefficient (Wildman–Crippen LogP) is 2.00. The summed E-state index contributed by atoms with van der Waals surface area (Å²) in [6.45, 7) is 3.39. The molecule has 0 aliphatic carbocycles. The summed E-state index contributed by atoms with van der Waals surface area (Å²) in [5.74, 6) is 0.920. The smallest absolute Gasteiger partial charge is 0.120 e. The van der Waals surface area contributed by atoms with Crippen LogP contribution in [0.5, 0.6) is 5.75 Å². The quantitative estimate of drug-likeness (QED) is 0.790. The number of hydrogen-bond acceptors (Lipinski definition) is 3. The summed E-state index contributed by atoms with van der Waals surface area (Å²) in [5.41, 5.74) is 0. The third kappa shape index (κ3) is 3.61. The normalized spacial score (nSPS) is 22.0. The molecular formula is C12H16INO2. The molecule has 88 valence electrons. The first kappa shape index (κ1) is 12.1. The molecule has 0 aromatic heterocycles. The van der Waals surface area contributed by atoms with Crippen LogP contribution in [0.3, 0.4) is 0 Å². The van der Waals surface area contributed by atoms with Gasteiger partial charge in [-0.1, -0.05) is 6.07 Å². The van der Waals surface area contributed by atoms with Gasteiger partial charge in [0.2, 0.25) is 0 Å². The second-order valence-electron chi connectivity index (χ2n) is 4.02. The third-order valence-corrected chi connectivity index (χ3v) is 3.24. The van der Waals surface area contributed by atoms with Gasteiger partial charge >= 0.3 is 0 Å². The lowest BCUT2D eigenvalue weighted by atomic mass is 10.3. The van der Waals surface area contributed by atoms with Crippen molar-refractivity contribution in [3.63, 3.8) is 0 Å². The number of morpholine rings is 1. The average Bonchev–Trinajstić information content (AvgIpc) is 2.27. The van der Waals surface area contributed by atoms with Crippen molar-refractivity contribution in [3.05, 3.63) is 27.8 Å². The summed E-state index contributed by atoms with van der Waals surface area (Å²) < 4.78 is 12.5. The lowest BCUT2D eigenvalue weighted by molar-refractivity contribution is -0.0403. The van der Waals surface area contributed by atoms with Crippen molar-refractivity contribution in [2.45, 2.75) is 6.10 Å². The first-order valence-electron chi connectivity index (χ1n) is 5.42. The van der Waals surface area contributed by atoms with Crippen LogP contribution in [0.25, 0.3) is 0 Å². The van der Waals surface area contributed by atoms with Crippen LogP contribution in [-0.4, -0.2) is 44.4 Å². The fourth-order valence-electron chi connectivity index (χ4n) is 1.71. The van der Waals surface area contributed by atoms with Crippen LogP contribution in [0, 0.1) is 3.57 Å². The van der Waals surface area contributed by atoms with Gasteiger partial charge in [-0.3, -0.25) is 0 Å². The first-order chi connectivity index (χ1) is 7.74. The highest BCUT2D eigenvalue weighted by molar-refractivity contribution is 14.1. The van der Waals surface area contributed by atoms with Crippen LogP contribution < -0.4 is 4.74 Å². The molecule has 0 amide bonds. The molecule has 1 atom stereocenters. The summed E-state index contributed by atoms with van der Waals surface area (Å²) in [6.07, 6.45) is 0.191. The van der Waals surface area contributed by atoms with E-state index in [1.807, 2.05) is 18.2 Å². The van der Waals surface area contributed by atoms with Crippen molar-refractivity contribution in [2.24, 2.45) is 0 Å². The van der Waals surface area contributed by atoms with Crippen LogP contribution in [0.15, 0.2) is 24.3 Å². The largest absolute Gasteiger partial charge is 0.491 e. The van der Waals surface area contributed by atoms with E-state index in [0.717, 1.165) is 25.4 Å². The van der Waals surface area contributed by atoms with E-state index in [1.165, 1.54) is 3.57 Å². The zero-order chi connectivity index (χ0) is 11.4. The van der Waals surface area contributed by atoms with Gasteiger partial charge < -0.3 is 14.4 Å². The molecule has 1 aromatic rings. The van der Waals surface area contributed by atoms with Gasteiger partial charge in [-0.25, -0.2) is 0 Å². The third-order valence-electron chi connectivity index (χ3n) is 2.57. The first-order valence-corrected chi connectivity index (χ1v) is 6.50. The Morgan fingerprint density at radius 2 is 2.44 bits per heavy atom. The van der Waals surface area contributed by atoms with E-state index in [0.29, 0.717) is 6.61 Å². The molecular weight excluding hydrogens is 317 g/mol. The fraction of sp³-hybridized carbons (Fsp3) is 0.500.